The molecular weight excluding hydrogens is 222 g/mol. The number of aliphatic hydroxyl groups is 1. The molecule has 0 spiro atoms. The van der Waals surface area contributed by atoms with E-state index in [-0.39, 0.29) is 6.10 Å². The van der Waals surface area contributed by atoms with Gasteiger partial charge in [-0.15, -0.1) is 0 Å². The number of nitrogens with one attached hydrogen (secondary N) is 1. The van der Waals surface area contributed by atoms with Crippen LogP contribution in [-0.4, -0.2) is 23.8 Å². The number of piperidine rings is 1. The fourth-order valence-corrected chi connectivity index (χ4v) is 2.60. The largest absolute Gasteiger partial charge is 0.393 e. The summed E-state index contributed by atoms with van der Waals surface area (Å²) in [6.45, 7) is 3.03. The van der Waals surface area contributed by atoms with Gasteiger partial charge in [-0.2, -0.15) is 0 Å². The van der Waals surface area contributed by atoms with E-state index in [1.807, 2.05) is 6.92 Å². The minimum atomic E-state index is -0.198. The lowest BCUT2D eigenvalue weighted by atomic mass is 9.96. The SMILES string of the molecule is CC(O)CCc1ccc(CC2CCCCN2)cc1. The van der Waals surface area contributed by atoms with Crippen LogP contribution in [0.2, 0.25) is 0 Å². The standard InChI is InChI=1S/C16H25NO/c1-13(18)5-6-14-7-9-15(10-8-14)12-16-4-2-3-11-17-16/h7-10,13,16-18H,2-6,11-12H2,1H3. The van der Waals surface area contributed by atoms with Crippen molar-refractivity contribution in [2.45, 2.75) is 57.6 Å². The van der Waals surface area contributed by atoms with E-state index in [0.717, 1.165) is 19.3 Å². The van der Waals surface area contributed by atoms with Crippen LogP contribution in [0.15, 0.2) is 24.3 Å². The predicted molar refractivity (Wildman–Crippen MR) is 75.8 cm³/mol. The second-order valence-corrected chi connectivity index (χ2v) is 5.56. The number of aliphatic hydroxyl groups excluding tert-OH is 1. The van der Waals surface area contributed by atoms with Crippen LogP contribution in [0.4, 0.5) is 0 Å². The maximum atomic E-state index is 9.28. The zero-order valence-corrected chi connectivity index (χ0v) is 11.4. The Bertz CT molecular complexity index is 339. The normalized spacial score (nSPS) is 21.8. The molecular formula is C16H25NO. The highest BCUT2D eigenvalue weighted by atomic mass is 16.3. The molecule has 1 fully saturated rings. The van der Waals surface area contributed by atoms with Crippen LogP contribution in [0, 0.1) is 0 Å². The van der Waals surface area contributed by atoms with Gasteiger partial charge >= 0.3 is 0 Å². The van der Waals surface area contributed by atoms with E-state index in [0.29, 0.717) is 6.04 Å². The van der Waals surface area contributed by atoms with Gasteiger partial charge in [-0.25, -0.2) is 0 Å². The Balaban J connectivity index is 1.83. The number of hydrogen-bond acceptors (Lipinski definition) is 2. The lowest BCUT2D eigenvalue weighted by Crippen LogP contribution is -2.35. The second kappa shape index (κ2) is 6.91. The molecule has 0 aliphatic carbocycles. The van der Waals surface area contributed by atoms with Crippen molar-refractivity contribution >= 4 is 0 Å². The van der Waals surface area contributed by atoms with Crippen molar-refractivity contribution < 1.29 is 5.11 Å². The van der Waals surface area contributed by atoms with Crippen LogP contribution in [0.1, 0.15) is 43.7 Å². The summed E-state index contributed by atoms with van der Waals surface area (Å²) >= 11 is 0. The van der Waals surface area contributed by atoms with Crippen molar-refractivity contribution in [1.29, 1.82) is 0 Å². The summed E-state index contributed by atoms with van der Waals surface area (Å²) < 4.78 is 0. The first-order valence-electron chi connectivity index (χ1n) is 7.23. The van der Waals surface area contributed by atoms with Crippen LogP contribution >= 0.6 is 0 Å². The van der Waals surface area contributed by atoms with Gasteiger partial charge < -0.3 is 10.4 Å². The van der Waals surface area contributed by atoms with Crippen LogP contribution in [0.5, 0.6) is 0 Å². The summed E-state index contributed by atoms with van der Waals surface area (Å²) in [5, 5.41) is 12.9. The third-order valence-corrected chi connectivity index (χ3v) is 3.77. The third-order valence-electron chi connectivity index (χ3n) is 3.77. The fraction of sp³-hybridized carbons (Fsp3) is 0.625. The molecule has 1 heterocycles. The molecule has 18 heavy (non-hydrogen) atoms. The van der Waals surface area contributed by atoms with Gasteiger partial charge in [0.1, 0.15) is 0 Å². The van der Waals surface area contributed by atoms with Crippen molar-refractivity contribution in [3.05, 3.63) is 35.4 Å². The van der Waals surface area contributed by atoms with Crippen molar-refractivity contribution in [2.75, 3.05) is 6.54 Å². The van der Waals surface area contributed by atoms with Gasteiger partial charge in [-0.3, -0.25) is 0 Å². The van der Waals surface area contributed by atoms with Crippen LogP contribution in [0.3, 0.4) is 0 Å². The second-order valence-electron chi connectivity index (χ2n) is 5.56. The van der Waals surface area contributed by atoms with Gasteiger partial charge in [0.15, 0.2) is 0 Å². The Morgan fingerprint density at radius 2 is 1.94 bits per heavy atom. The molecule has 1 aliphatic rings. The topological polar surface area (TPSA) is 32.3 Å². The van der Waals surface area contributed by atoms with Gasteiger partial charge in [0, 0.05) is 6.04 Å². The summed E-state index contributed by atoms with van der Waals surface area (Å²) in [7, 11) is 0. The minimum Gasteiger partial charge on any atom is -0.393 e. The molecule has 2 nitrogen and oxygen atoms in total. The highest BCUT2D eigenvalue weighted by Gasteiger charge is 2.12. The molecule has 2 atom stereocenters. The first-order chi connectivity index (χ1) is 8.74. The van der Waals surface area contributed by atoms with Gasteiger partial charge in [-0.1, -0.05) is 30.7 Å². The maximum Gasteiger partial charge on any atom is 0.0515 e. The molecule has 2 rings (SSSR count). The van der Waals surface area contributed by atoms with E-state index < -0.39 is 0 Å². The molecule has 2 unspecified atom stereocenters. The monoisotopic (exact) mass is 247 g/mol. The fourth-order valence-electron chi connectivity index (χ4n) is 2.60. The Labute approximate surface area is 110 Å². The quantitative estimate of drug-likeness (QED) is 0.838. The average molecular weight is 247 g/mol. The highest BCUT2D eigenvalue weighted by Crippen LogP contribution is 2.14. The Morgan fingerprint density at radius 3 is 2.56 bits per heavy atom. The van der Waals surface area contributed by atoms with Gasteiger partial charge in [-0.05, 0) is 56.7 Å². The summed E-state index contributed by atoms with van der Waals surface area (Å²) in [5.41, 5.74) is 2.76. The molecule has 0 bridgehead atoms. The Morgan fingerprint density at radius 1 is 1.22 bits per heavy atom. The number of rotatable bonds is 5. The minimum absolute atomic E-state index is 0.198. The summed E-state index contributed by atoms with van der Waals surface area (Å²) in [6.07, 6.45) is 6.78. The number of aryl methyl sites for hydroxylation is 1. The van der Waals surface area contributed by atoms with E-state index in [1.54, 1.807) is 0 Å². The highest BCUT2D eigenvalue weighted by molar-refractivity contribution is 5.23. The van der Waals surface area contributed by atoms with Gasteiger partial charge in [0.2, 0.25) is 0 Å². The van der Waals surface area contributed by atoms with Crippen LogP contribution in [-0.2, 0) is 12.8 Å². The van der Waals surface area contributed by atoms with E-state index in [1.165, 1.54) is 36.9 Å². The maximum absolute atomic E-state index is 9.28. The first kappa shape index (κ1) is 13.6. The molecule has 2 N–H and O–H groups in total. The zero-order valence-electron chi connectivity index (χ0n) is 11.4. The predicted octanol–water partition coefficient (Wildman–Crippen LogP) is 2.68. The molecule has 2 heteroatoms. The summed E-state index contributed by atoms with van der Waals surface area (Å²) in [6, 6.07) is 9.57. The van der Waals surface area contributed by atoms with Crippen molar-refractivity contribution in [3.8, 4) is 0 Å². The molecule has 1 aromatic carbocycles. The molecule has 0 saturated carbocycles. The molecule has 0 radical (unpaired) electrons. The van der Waals surface area contributed by atoms with Crippen molar-refractivity contribution in [3.63, 3.8) is 0 Å². The third kappa shape index (κ3) is 4.43. The van der Waals surface area contributed by atoms with Crippen LogP contribution < -0.4 is 5.32 Å². The molecule has 100 valence electrons. The molecule has 1 saturated heterocycles. The van der Waals surface area contributed by atoms with Gasteiger partial charge in [0.25, 0.3) is 0 Å². The average Bonchev–Trinajstić information content (AvgIpc) is 2.39. The number of hydrogen-bond donors (Lipinski definition) is 2. The van der Waals surface area contributed by atoms with Gasteiger partial charge in [0.05, 0.1) is 6.10 Å². The van der Waals surface area contributed by atoms with E-state index in [9.17, 15) is 5.11 Å². The molecule has 0 aromatic heterocycles. The first-order valence-corrected chi connectivity index (χ1v) is 7.23. The number of benzene rings is 1. The summed E-state index contributed by atoms with van der Waals surface area (Å²) in [5.74, 6) is 0. The van der Waals surface area contributed by atoms with Crippen LogP contribution in [0.25, 0.3) is 0 Å². The Kier molecular flexibility index (Phi) is 5.21. The lowest BCUT2D eigenvalue weighted by Gasteiger charge is -2.23. The molecule has 1 aromatic rings. The zero-order chi connectivity index (χ0) is 12.8. The lowest BCUT2D eigenvalue weighted by molar-refractivity contribution is 0.185. The van der Waals surface area contributed by atoms with E-state index in [4.69, 9.17) is 0 Å². The molecule has 1 aliphatic heterocycles. The molecule has 0 amide bonds. The summed E-state index contributed by atoms with van der Waals surface area (Å²) in [4.78, 5) is 0. The van der Waals surface area contributed by atoms with Crippen molar-refractivity contribution in [2.24, 2.45) is 0 Å². The van der Waals surface area contributed by atoms with E-state index >= 15 is 0 Å². The van der Waals surface area contributed by atoms with Crippen molar-refractivity contribution in [1.82, 2.24) is 5.32 Å². The Hall–Kier alpha value is -0.860. The smallest absolute Gasteiger partial charge is 0.0515 e. The van der Waals surface area contributed by atoms with E-state index in [2.05, 4.69) is 29.6 Å².